The summed E-state index contributed by atoms with van der Waals surface area (Å²) in [5, 5.41) is 0.544. The predicted molar refractivity (Wildman–Crippen MR) is 115 cm³/mol. The van der Waals surface area contributed by atoms with Gasteiger partial charge in [0, 0.05) is 12.1 Å². The number of hydrogen-bond acceptors (Lipinski definition) is 4. The molecular formula is C23H20N4O2. The van der Waals surface area contributed by atoms with Gasteiger partial charge in [-0.1, -0.05) is 54.6 Å². The van der Waals surface area contributed by atoms with Crippen LogP contribution in [0.5, 0.6) is 0 Å². The Labute approximate surface area is 167 Å². The summed E-state index contributed by atoms with van der Waals surface area (Å²) < 4.78 is 1.49. The van der Waals surface area contributed by atoms with Crippen LogP contribution in [-0.2, 0) is 6.54 Å². The number of anilines is 1. The Morgan fingerprint density at radius 2 is 1.55 bits per heavy atom. The van der Waals surface area contributed by atoms with E-state index in [1.54, 1.807) is 30.3 Å². The number of nitrogens with zero attached hydrogens (tertiary/aromatic N) is 2. The molecule has 0 radical (unpaired) electrons. The van der Waals surface area contributed by atoms with Gasteiger partial charge in [0.2, 0.25) is 5.95 Å². The third-order valence-electron chi connectivity index (χ3n) is 4.72. The molecule has 144 valence electrons. The minimum absolute atomic E-state index is 0.151. The second-order valence-corrected chi connectivity index (χ2v) is 6.52. The Morgan fingerprint density at radius 3 is 2.28 bits per heavy atom. The van der Waals surface area contributed by atoms with Crippen molar-refractivity contribution in [1.82, 2.24) is 15.0 Å². The van der Waals surface area contributed by atoms with E-state index in [2.05, 4.69) is 15.8 Å². The lowest BCUT2D eigenvalue weighted by atomic mass is 10.0. The van der Waals surface area contributed by atoms with Gasteiger partial charge in [-0.05, 0) is 42.3 Å². The van der Waals surface area contributed by atoms with Crippen molar-refractivity contribution >= 4 is 22.8 Å². The number of hydrogen-bond donors (Lipinski definition) is 2. The summed E-state index contributed by atoms with van der Waals surface area (Å²) in [4.78, 5) is 29.6. The second kappa shape index (κ2) is 7.98. The molecule has 0 unspecified atom stereocenters. The second-order valence-electron chi connectivity index (χ2n) is 6.52. The highest BCUT2D eigenvalue weighted by atomic mass is 16.2. The lowest BCUT2D eigenvalue weighted by Crippen LogP contribution is -2.34. The average molecular weight is 384 g/mol. The zero-order valence-corrected chi connectivity index (χ0v) is 15.9. The lowest BCUT2D eigenvalue weighted by Gasteiger charge is -2.14. The van der Waals surface area contributed by atoms with Gasteiger partial charge >= 0.3 is 0 Å². The zero-order chi connectivity index (χ0) is 20.2. The first-order chi connectivity index (χ1) is 14.2. The molecule has 0 aliphatic carbocycles. The molecule has 0 saturated heterocycles. The summed E-state index contributed by atoms with van der Waals surface area (Å²) in [6.45, 7) is 2.29. The molecule has 1 aromatic heterocycles. The maximum absolute atomic E-state index is 12.6. The number of benzene rings is 3. The minimum Gasteiger partial charge on any atom is -0.277 e. The van der Waals surface area contributed by atoms with Crippen molar-refractivity contribution in [3.8, 4) is 11.1 Å². The van der Waals surface area contributed by atoms with Crippen LogP contribution in [0.1, 0.15) is 17.3 Å². The smallest absolute Gasteiger partial charge is 0.269 e. The first-order valence-corrected chi connectivity index (χ1v) is 9.39. The van der Waals surface area contributed by atoms with Gasteiger partial charge in [0.15, 0.2) is 0 Å². The number of carbonyl (C=O) groups is 1. The van der Waals surface area contributed by atoms with E-state index in [1.807, 2.05) is 55.5 Å². The first kappa shape index (κ1) is 18.4. The molecule has 1 heterocycles. The number of fused-ring (bicyclic) bond motifs is 1. The molecule has 4 rings (SSSR count). The molecule has 29 heavy (non-hydrogen) atoms. The predicted octanol–water partition coefficient (Wildman–Crippen LogP) is 3.84. The molecule has 0 aliphatic rings. The highest BCUT2D eigenvalue weighted by Crippen LogP contribution is 2.19. The van der Waals surface area contributed by atoms with E-state index in [1.165, 1.54) is 4.57 Å². The average Bonchev–Trinajstić information content (AvgIpc) is 2.78. The third kappa shape index (κ3) is 3.73. The van der Waals surface area contributed by atoms with Crippen LogP contribution in [0.15, 0.2) is 83.7 Å². The Hall–Kier alpha value is -3.93. The molecule has 2 N–H and O–H groups in total. The van der Waals surface area contributed by atoms with Crippen LogP contribution in [0.4, 0.5) is 5.95 Å². The van der Waals surface area contributed by atoms with Crippen molar-refractivity contribution in [3.63, 3.8) is 0 Å². The fraction of sp³-hybridized carbons (Fsp3) is 0.0870. The zero-order valence-electron chi connectivity index (χ0n) is 15.9. The highest BCUT2D eigenvalue weighted by Gasteiger charge is 2.11. The number of hydrazine groups is 1. The van der Waals surface area contributed by atoms with Crippen LogP contribution >= 0.6 is 0 Å². The van der Waals surface area contributed by atoms with Gasteiger partial charge in [-0.25, -0.2) is 4.98 Å². The molecule has 0 fully saturated rings. The van der Waals surface area contributed by atoms with Crippen LogP contribution in [0.3, 0.4) is 0 Å². The Bertz CT molecular complexity index is 1220. The van der Waals surface area contributed by atoms with Gasteiger partial charge in [-0.2, -0.15) is 0 Å². The van der Waals surface area contributed by atoms with Crippen LogP contribution in [0.2, 0.25) is 0 Å². The third-order valence-corrected chi connectivity index (χ3v) is 4.72. The van der Waals surface area contributed by atoms with E-state index in [9.17, 15) is 9.59 Å². The fourth-order valence-corrected chi connectivity index (χ4v) is 3.19. The largest absolute Gasteiger partial charge is 0.277 e. The topological polar surface area (TPSA) is 76.0 Å². The van der Waals surface area contributed by atoms with E-state index >= 15 is 0 Å². The summed E-state index contributed by atoms with van der Waals surface area (Å²) in [7, 11) is 0. The summed E-state index contributed by atoms with van der Waals surface area (Å²) in [6.07, 6.45) is 0. The first-order valence-electron chi connectivity index (χ1n) is 9.39. The van der Waals surface area contributed by atoms with Crippen molar-refractivity contribution < 1.29 is 4.79 Å². The number of para-hydroxylation sites is 1. The standard InChI is InChI=1S/C23H20N4O2/c1-2-27-22(29)19-10-6-7-11-20(19)24-23(27)26-25-21(28)18-14-12-17(13-15-18)16-8-4-3-5-9-16/h3-15H,2H2,1H3,(H,24,26)(H,25,28). The molecule has 6 nitrogen and oxygen atoms in total. The number of amides is 1. The van der Waals surface area contributed by atoms with E-state index in [-0.39, 0.29) is 11.5 Å². The SMILES string of the molecule is CCn1c(NNC(=O)c2ccc(-c3ccccc3)cc2)nc2ccccc2c1=O. The van der Waals surface area contributed by atoms with Gasteiger partial charge in [-0.15, -0.1) is 0 Å². The number of carbonyl (C=O) groups excluding carboxylic acids is 1. The number of rotatable bonds is 5. The van der Waals surface area contributed by atoms with Gasteiger partial charge < -0.3 is 0 Å². The van der Waals surface area contributed by atoms with Crippen molar-refractivity contribution in [2.45, 2.75) is 13.5 Å². The maximum Gasteiger partial charge on any atom is 0.269 e. The molecule has 4 aromatic rings. The molecule has 3 aromatic carbocycles. The molecule has 1 amide bonds. The summed E-state index contributed by atoms with van der Waals surface area (Å²) in [5.74, 6) is -0.0138. The normalized spacial score (nSPS) is 10.7. The minimum atomic E-state index is -0.310. The van der Waals surface area contributed by atoms with Gasteiger partial charge in [0.05, 0.1) is 10.9 Å². The Morgan fingerprint density at radius 1 is 0.897 bits per heavy atom. The van der Waals surface area contributed by atoms with Gasteiger partial charge in [0.25, 0.3) is 11.5 Å². The van der Waals surface area contributed by atoms with Crippen molar-refractivity contribution in [3.05, 3.63) is 94.8 Å². The molecule has 0 saturated carbocycles. The van der Waals surface area contributed by atoms with Gasteiger partial charge in [0.1, 0.15) is 0 Å². The van der Waals surface area contributed by atoms with Gasteiger partial charge in [-0.3, -0.25) is 25.0 Å². The van der Waals surface area contributed by atoms with Crippen LogP contribution < -0.4 is 16.4 Å². The quantitative estimate of drug-likeness (QED) is 0.513. The summed E-state index contributed by atoms with van der Waals surface area (Å²) in [6, 6.07) is 24.4. The van der Waals surface area contributed by atoms with Crippen molar-refractivity contribution in [1.29, 1.82) is 0 Å². The van der Waals surface area contributed by atoms with Crippen LogP contribution in [-0.4, -0.2) is 15.5 Å². The maximum atomic E-state index is 12.6. The van der Waals surface area contributed by atoms with Crippen molar-refractivity contribution in [2.24, 2.45) is 0 Å². The van der Waals surface area contributed by atoms with E-state index in [0.29, 0.717) is 29.0 Å². The molecule has 0 bridgehead atoms. The summed E-state index contributed by atoms with van der Waals surface area (Å²) in [5.41, 5.74) is 8.47. The number of aromatic nitrogens is 2. The number of nitrogens with one attached hydrogen (secondary N) is 2. The van der Waals surface area contributed by atoms with Crippen LogP contribution in [0.25, 0.3) is 22.0 Å². The van der Waals surface area contributed by atoms with E-state index < -0.39 is 0 Å². The molecule has 0 spiro atoms. The summed E-state index contributed by atoms with van der Waals surface area (Å²) >= 11 is 0. The molecule has 6 heteroatoms. The Kier molecular flexibility index (Phi) is 5.07. The molecule has 0 atom stereocenters. The Balaban J connectivity index is 1.53. The molecule has 0 aliphatic heterocycles. The highest BCUT2D eigenvalue weighted by molar-refractivity contribution is 5.95. The molecular weight excluding hydrogens is 364 g/mol. The lowest BCUT2D eigenvalue weighted by molar-refractivity contribution is 0.0962. The van der Waals surface area contributed by atoms with E-state index in [4.69, 9.17) is 0 Å². The van der Waals surface area contributed by atoms with Crippen LogP contribution in [0, 0.1) is 0 Å². The van der Waals surface area contributed by atoms with Crippen molar-refractivity contribution in [2.75, 3.05) is 5.43 Å². The fourth-order valence-electron chi connectivity index (χ4n) is 3.19. The van der Waals surface area contributed by atoms with E-state index in [0.717, 1.165) is 11.1 Å². The monoisotopic (exact) mass is 384 g/mol.